The van der Waals surface area contributed by atoms with E-state index in [1.807, 2.05) is 48.7 Å². The fraction of sp³-hybridized carbons (Fsp3) is 0.105. The number of hydrogen-bond acceptors (Lipinski definition) is 6. The van der Waals surface area contributed by atoms with Gasteiger partial charge in [-0.2, -0.15) is 4.99 Å². The largest absolute Gasteiger partial charge is 0.457 e. The number of halogens is 1. The molecule has 3 heterocycles. The van der Waals surface area contributed by atoms with Crippen LogP contribution in [0.25, 0.3) is 17.4 Å². The van der Waals surface area contributed by atoms with Gasteiger partial charge in [-0.05, 0) is 43.0 Å². The van der Waals surface area contributed by atoms with E-state index in [1.54, 1.807) is 13.1 Å². The summed E-state index contributed by atoms with van der Waals surface area (Å²) in [5.41, 5.74) is 1.90. The van der Waals surface area contributed by atoms with Gasteiger partial charge in [-0.25, -0.2) is 4.98 Å². The van der Waals surface area contributed by atoms with Gasteiger partial charge in [0.15, 0.2) is 5.17 Å². The Balaban J connectivity index is 1.58. The third-order valence-electron chi connectivity index (χ3n) is 3.83. The number of carbonyl (C=O) groups excluding carboxylic acids is 1. The van der Waals surface area contributed by atoms with Crippen LogP contribution in [0, 0.1) is 6.92 Å². The Morgan fingerprint density at radius 3 is 2.70 bits per heavy atom. The number of thiazole rings is 1. The van der Waals surface area contributed by atoms with Gasteiger partial charge in [0.2, 0.25) is 5.13 Å². The third kappa shape index (κ3) is 3.92. The summed E-state index contributed by atoms with van der Waals surface area (Å²) in [6.07, 6.45) is 1.75. The maximum absolute atomic E-state index is 12.5. The van der Waals surface area contributed by atoms with Crippen LogP contribution in [0.5, 0.6) is 0 Å². The summed E-state index contributed by atoms with van der Waals surface area (Å²) in [7, 11) is 1.71. The van der Waals surface area contributed by atoms with E-state index in [1.165, 1.54) is 28.0 Å². The smallest absolute Gasteiger partial charge is 0.266 e. The molecule has 27 heavy (non-hydrogen) atoms. The topological polar surface area (TPSA) is 58.7 Å². The van der Waals surface area contributed by atoms with Crippen LogP contribution in [0.15, 0.2) is 60.6 Å². The fourth-order valence-corrected chi connectivity index (χ4v) is 4.39. The molecule has 8 heteroatoms. The highest BCUT2D eigenvalue weighted by atomic mass is 79.9. The van der Waals surface area contributed by atoms with Crippen molar-refractivity contribution in [2.75, 3.05) is 7.05 Å². The molecule has 0 aliphatic carbocycles. The monoisotopic (exact) mass is 459 g/mol. The van der Waals surface area contributed by atoms with E-state index in [4.69, 9.17) is 4.42 Å². The number of amidine groups is 1. The van der Waals surface area contributed by atoms with Crippen LogP contribution < -0.4 is 0 Å². The minimum atomic E-state index is -0.103. The molecule has 2 aromatic heterocycles. The van der Waals surface area contributed by atoms with E-state index < -0.39 is 0 Å². The van der Waals surface area contributed by atoms with Gasteiger partial charge in [0.25, 0.3) is 5.91 Å². The van der Waals surface area contributed by atoms with Crippen molar-refractivity contribution < 1.29 is 9.21 Å². The lowest BCUT2D eigenvalue weighted by Gasteiger charge is -2.05. The van der Waals surface area contributed by atoms with Crippen molar-refractivity contribution in [3.63, 3.8) is 0 Å². The highest BCUT2D eigenvalue weighted by molar-refractivity contribution is 9.10. The highest BCUT2D eigenvalue weighted by Crippen LogP contribution is 2.34. The summed E-state index contributed by atoms with van der Waals surface area (Å²) >= 11 is 6.20. The second kappa shape index (κ2) is 7.46. The van der Waals surface area contributed by atoms with Gasteiger partial charge in [-0.3, -0.25) is 9.69 Å². The Kier molecular flexibility index (Phi) is 5.03. The molecule has 5 nitrogen and oxygen atoms in total. The summed E-state index contributed by atoms with van der Waals surface area (Å²) in [5.74, 6) is 1.28. The normalized spacial score (nSPS) is 17.4. The molecular weight excluding hydrogens is 446 g/mol. The van der Waals surface area contributed by atoms with Crippen LogP contribution in [0.1, 0.15) is 11.5 Å². The van der Waals surface area contributed by atoms with Crippen molar-refractivity contribution >= 4 is 61.3 Å². The standard InChI is InChI=1S/C19H14BrN3O2S2/c1-11-10-26-18(21-11)22-19-23(2)17(24)16(27-19)9-14-7-8-15(25-14)12-3-5-13(20)6-4-12/h3-10H,1-2H3/b16-9+,22-19+. The number of nitrogens with zero attached hydrogens (tertiary/aromatic N) is 3. The van der Waals surface area contributed by atoms with Crippen molar-refractivity contribution in [2.24, 2.45) is 4.99 Å². The third-order valence-corrected chi connectivity index (χ3v) is 6.27. The Morgan fingerprint density at radius 2 is 2.00 bits per heavy atom. The number of furan rings is 1. The number of amides is 1. The van der Waals surface area contributed by atoms with E-state index in [0.717, 1.165) is 21.5 Å². The Hall–Kier alpha value is -2.16. The minimum absolute atomic E-state index is 0.103. The van der Waals surface area contributed by atoms with Crippen molar-refractivity contribution in [3.8, 4) is 11.3 Å². The lowest BCUT2D eigenvalue weighted by molar-refractivity contribution is -0.121. The molecule has 1 aliphatic rings. The molecule has 0 N–H and O–H groups in total. The molecule has 136 valence electrons. The minimum Gasteiger partial charge on any atom is -0.457 e. The number of thioether (sulfide) groups is 1. The van der Waals surface area contributed by atoms with Gasteiger partial charge in [0, 0.05) is 28.5 Å². The molecule has 0 bridgehead atoms. The number of carbonyl (C=O) groups is 1. The molecule has 0 radical (unpaired) electrons. The quantitative estimate of drug-likeness (QED) is 0.470. The van der Waals surface area contributed by atoms with Gasteiger partial charge in [0.1, 0.15) is 11.5 Å². The van der Waals surface area contributed by atoms with E-state index in [9.17, 15) is 4.79 Å². The molecule has 0 saturated carbocycles. The number of benzene rings is 1. The fourth-order valence-electron chi connectivity index (χ4n) is 2.46. The molecule has 1 saturated heterocycles. The van der Waals surface area contributed by atoms with Crippen molar-refractivity contribution in [2.45, 2.75) is 6.92 Å². The lowest BCUT2D eigenvalue weighted by atomic mass is 10.2. The predicted octanol–water partition coefficient (Wildman–Crippen LogP) is 5.71. The number of aromatic nitrogens is 1. The average Bonchev–Trinajstić information content (AvgIpc) is 3.34. The maximum Gasteiger partial charge on any atom is 0.266 e. The predicted molar refractivity (Wildman–Crippen MR) is 114 cm³/mol. The molecule has 0 unspecified atom stereocenters. The van der Waals surface area contributed by atoms with Crippen LogP contribution in [0.4, 0.5) is 5.13 Å². The highest BCUT2D eigenvalue weighted by Gasteiger charge is 2.31. The van der Waals surface area contributed by atoms with Crippen LogP contribution >= 0.6 is 39.0 Å². The van der Waals surface area contributed by atoms with E-state index in [-0.39, 0.29) is 5.91 Å². The van der Waals surface area contributed by atoms with Crippen molar-refractivity contribution in [3.05, 3.63) is 62.6 Å². The van der Waals surface area contributed by atoms with Crippen molar-refractivity contribution in [1.82, 2.24) is 9.88 Å². The Morgan fingerprint density at radius 1 is 1.22 bits per heavy atom. The maximum atomic E-state index is 12.5. The zero-order chi connectivity index (χ0) is 19.0. The van der Waals surface area contributed by atoms with Gasteiger partial charge >= 0.3 is 0 Å². The van der Waals surface area contributed by atoms with E-state index in [2.05, 4.69) is 25.9 Å². The number of hydrogen-bond donors (Lipinski definition) is 0. The zero-order valence-corrected chi connectivity index (χ0v) is 17.7. The van der Waals surface area contributed by atoms with Gasteiger partial charge in [-0.15, -0.1) is 11.3 Å². The van der Waals surface area contributed by atoms with Crippen LogP contribution in [-0.4, -0.2) is 28.0 Å². The first-order valence-electron chi connectivity index (χ1n) is 8.04. The van der Waals surface area contributed by atoms with E-state index in [0.29, 0.717) is 21.0 Å². The molecule has 1 amide bonds. The molecule has 0 atom stereocenters. The summed E-state index contributed by atoms with van der Waals surface area (Å²) < 4.78 is 6.90. The molecule has 0 spiro atoms. The van der Waals surface area contributed by atoms with Gasteiger partial charge in [0.05, 0.1) is 10.6 Å². The number of aliphatic imine (C=N–C) groups is 1. The number of likely N-dealkylation sites (N-methyl/N-ethyl adjacent to an activating group) is 1. The summed E-state index contributed by atoms with van der Waals surface area (Å²) in [6, 6.07) is 11.6. The first-order chi connectivity index (χ1) is 13.0. The second-order valence-electron chi connectivity index (χ2n) is 5.85. The molecule has 1 aromatic carbocycles. The molecule has 1 aliphatic heterocycles. The molecular formula is C19H14BrN3O2S2. The first kappa shape index (κ1) is 18.2. The number of aryl methyl sites for hydroxylation is 1. The lowest BCUT2D eigenvalue weighted by Crippen LogP contribution is -2.23. The zero-order valence-electron chi connectivity index (χ0n) is 14.5. The molecule has 4 rings (SSSR count). The van der Waals surface area contributed by atoms with E-state index >= 15 is 0 Å². The first-order valence-corrected chi connectivity index (χ1v) is 10.5. The van der Waals surface area contributed by atoms with Gasteiger partial charge in [-0.1, -0.05) is 28.1 Å². The average molecular weight is 460 g/mol. The van der Waals surface area contributed by atoms with Crippen LogP contribution in [0.2, 0.25) is 0 Å². The number of rotatable bonds is 3. The summed E-state index contributed by atoms with van der Waals surface area (Å²) in [5, 5.41) is 3.19. The van der Waals surface area contributed by atoms with Crippen LogP contribution in [-0.2, 0) is 4.79 Å². The Bertz CT molecular complexity index is 1070. The van der Waals surface area contributed by atoms with Crippen molar-refractivity contribution in [1.29, 1.82) is 0 Å². The Labute approximate surface area is 173 Å². The SMILES string of the molecule is Cc1csc(/N=C2/S/C(=C/c3ccc(-c4ccc(Br)cc4)o3)C(=O)N2C)n1. The van der Waals surface area contributed by atoms with Gasteiger partial charge < -0.3 is 4.42 Å². The molecule has 3 aromatic rings. The molecule has 1 fully saturated rings. The van der Waals surface area contributed by atoms with Crippen LogP contribution in [0.3, 0.4) is 0 Å². The second-order valence-corrected chi connectivity index (χ2v) is 8.61. The summed E-state index contributed by atoms with van der Waals surface area (Å²) in [6.45, 7) is 1.92. The summed E-state index contributed by atoms with van der Waals surface area (Å²) in [4.78, 5) is 23.4.